The summed E-state index contributed by atoms with van der Waals surface area (Å²) in [5.41, 5.74) is 0.661. The van der Waals surface area contributed by atoms with E-state index in [1.807, 2.05) is 12.5 Å². The van der Waals surface area contributed by atoms with Crippen molar-refractivity contribution in [2.45, 2.75) is 10.3 Å². The minimum atomic E-state index is -0.496. The van der Waals surface area contributed by atoms with Crippen LogP contribution in [0.15, 0.2) is 82.1 Å². The largest absolute Gasteiger partial charge is 0.482 e. The molecule has 0 radical (unpaired) electrons. The second kappa shape index (κ2) is 18.2. The Labute approximate surface area is 276 Å². The van der Waals surface area contributed by atoms with Gasteiger partial charge in [0.05, 0.1) is 12.7 Å². The van der Waals surface area contributed by atoms with Gasteiger partial charge >= 0.3 is 5.97 Å². The number of anilines is 1. The fraction of sp³-hybridized carbons (Fsp3) is 0.194. The third-order valence-electron chi connectivity index (χ3n) is 5.82. The number of thioether (sulfide) groups is 2. The van der Waals surface area contributed by atoms with Gasteiger partial charge in [-0.25, -0.2) is 33.5 Å². The molecule has 0 unspecified atom stereocenters. The van der Waals surface area contributed by atoms with Gasteiger partial charge in [-0.15, -0.1) is 0 Å². The first-order chi connectivity index (χ1) is 22.6. The lowest BCUT2D eigenvalue weighted by Crippen LogP contribution is -2.19. The van der Waals surface area contributed by atoms with Crippen LogP contribution in [0.2, 0.25) is 0 Å². The summed E-state index contributed by atoms with van der Waals surface area (Å²) < 4.78 is 41.9. The molecular weight excluding hydrogens is 655 g/mol. The standard InChI is InChI=1S/C15H12FN3O2S.C9H9FO3.C7H9N3OS/c1-19-13-9(8-17-15(18-13)22-2)6-12(14(19)20)21-11-5-3-4-10(16)7-11;1-12-9(11)6-13-8-4-2-3-7(10)5-8;1-8-6-5(4-11)3-9-7(10-6)12-2/h3-8H,1-2H3;2-5H,6H2,1H3;3-4H,1-2H3,(H,8,9,10). The van der Waals surface area contributed by atoms with Crippen LogP contribution in [-0.4, -0.2) is 70.0 Å². The average molecular weight is 685 g/mol. The molecular formula is C31H30F2N6O6S2. The first-order valence-corrected chi connectivity index (χ1v) is 15.9. The summed E-state index contributed by atoms with van der Waals surface area (Å²) in [6.45, 7) is -0.208. The molecule has 0 atom stereocenters. The summed E-state index contributed by atoms with van der Waals surface area (Å²) in [4.78, 5) is 50.0. The number of hydrogen-bond acceptors (Lipinski definition) is 13. The number of hydrogen-bond donors (Lipinski definition) is 1. The zero-order valence-electron chi connectivity index (χ0n) is 25.9. The maximum Gasteiger partial charge on any atom is 0.343 e. The second-order valence-electron chi connectivity index (χ2n) is 8.92. The van der Waals surface area contributed by atoms with Gasteiger partial charge in [-0.05, 0) is 42.8 Å². The molecule has 5 rings (SSSR count). The van der Waals surface area contributed by atoms with Crippen LogP contribution < -0.4 is 20.3 Å². The molecule has 16 heteroatoms. The summed E-state index contributed by atoms with van der Waals surface area (Å²) in [5, 5.41) is 4.74. The molecule has 5 aromatic rings. The molecule has 2 aromatic carbocycles. The minimum absolute atomic E-state index is 0.0982. The molecule has 12 nitrogen and oxygen atoms in total. The van der Waals surface area contributed by atoms with Gasteiger partial charge in [0.15, 0.2) is 29.0 Å². The van der Waals surface area contributed by atoms with Gasteiger partial charge in [0.25, 0.3) is 5.56 Å². The van der Waals surface area contributed by atoms with E-state index in [9.17, 15) is 23.2 Å². The molecule has 0 spiro atoms. The Morgan fingerprint density at radius 1 is 0.957 bits per heavy atom. The number of benzene rings is 2. The van der Waals surface area contributed by atoms with Crippen molar-refractivity contribution in [1.29, 1.82) is 0 Å². The Kier molecular flexibility index (Phi) is 14.1. The third kappa shape index (κ3) is 10.7. The van der Waals surface area contributed by atoms with Gasteiger partial charge in [0, 0.05) is 44.0 Å². The van der Waals surface area contributed by atoms with Crippen LogP contribution in [0.5, 0.6) is 17.2 Å². The molecule has 47 heavy (non-hydrogen) atoms. The number of carbonyl (C=O) groups excluding carboxylic acids is 2. The maximum absolute atomic E-state index is 13.2. The van der Waals surface area contributed by atoms with Crippen LogP contribution in [0.4, 0.5) is 14.6 Å². The number of nitrogens with zero attached hydrogens (tertiary/aromatic N) is 5. The van der Waals surface area contributed by atoms with E-state index in [1.54, 1.807) is 38.5 Å². The zero-order valence-corrected chi connectivity index (χ0v) is 27.5. The number of ether oxygens (including phenoxy) is 3. The molecule has 246 valence electrons. The van der Waals surface area contributed by atoms with Crippen LogP contribution in [0.3, 0.4) is 0 Å². The van der Waals surface area contributed by atoms with Gasteiger partial charge in [-0.1, -0.05) is 35.7 Å². The van der Waals surface area contributed by atoms with Gasteiger partial charge in [-0.3, -0.25) is 14.2 Å². The number of aromatic nitrogens is 5. The number of fused-ring (bicyclic) bond motifs is 1. The van der Waals surface area contributed by atoms with Crippen molar-refractivity contribution in [2.75, 3.05) is 38.6 Å². The van der Waals surface area contributed by atoms with E-state index in [0.29, 0.717) is 38.5 Å². The highest BCUT2D eigenvalue weighted by molar-refractivity contribution is 7.98. The minimum Gasteiger partial charge on any atom is -0.482 e. The van der Waals surface area contributed by atoms with E-state index in [1.165, 1.54) is 77.8 Å². The Hall–Kier alpha value is -5.09. The van der Waals surface area contributed by atoms with Crippen molar-refractivity contribution in [3.63, 3.8) is 0 Å². The van der Waals surface area contributed by atoms with E-state index in [4.69, 9.17) is 9.47 Å². The number of carbonyl (C=O) groups is 2. The Balaban J connectivity index is 0.000000206. The van der Waals surface area contributed by atoms with Crippen LogP contribution in [0.25, 0.3) is 11.0 Å². The number of nitrogens with one attached hydrogen (secondary N) is 1. The molecule has 0 saturated carbocycles. The fourth-order valence-electron chi connectivity index (χ4n) is 3.55. The molecule has 0 bridgehead atoms. The number of aryl methyl sites for hydroxylation is 1. The number of rotatable bonds is 9. The van der Waals surface area contributed by atoms with Crippen molar-refractivity contribution in [2.24, 2.45) is 7.05 Å². The first kappa shape index (κ1) is 36.4. The van der Waals surface area contributed by atoms with Crippen molar-refractivity contribution < 1.29 is 32.6 Å². The summed E-state index contributed by atoms with van der Waals surface area (Å²) in [7, 11) is 4.59. The van der Waals surface area contributed by atoms with E-state index in [2.05, 4.69) is 30.0 Å². The van der Waals surface area contributed by atoms with Crippen LogP contribution in [-0.2, 0) is 16.6 Å². The quantitative estimate of drug-likeness (QED) is 0.0914. The lowest BCUT2D eigenvalue weighted by Gasteiger charge is -2.09. The Bertz CT molecular complexity index is 1900. The van der Waals surface area contributed by atoms with E-state index < -0.39 is 17.6 Å². The SMILES string of the molecule is CNc1nc(SC)ncc1C=O.COC(=O)COc1cccc(F)c1.CSc1ncc2cc(Oc3cccc(F)c3)c(=O)n(C)c2n1. The lowest BCUT2D eigenvalue weighted by atomic mass is 10.3. The van der Waals surface area contributed by atoms with Gasteiger partial charge in [-0.2, -0.15) is 0 Å². The third-order valence-corrected chi connectivity index (χ3v) is 6.95. The highest BCUT2D eigenvalue weighted by Gasteiger charge is 2.11. The molecule has 0 aliphatic rings. The van der Waals surface area contributed by atoms with Crippen molar-refractivity contribution >= 4 is 52.6 Å². The van der Waals surface area contributed by atoms with E-state index in [-0.39, 0.29) is 23.7 Å². The number of methoxy groups -OCH3 is 1. The molecule has 0 saturated heterocycles. The molecule has 0 aliphatic carbocycles. The Morgan fingerprint density at radius 3 is 2.17 bits per heavy atom. The van der Waals surface area contributed by atoms with Gasteiger partial charge in [0.1, 0.15) is 34.6 Å². The monoisotopic (exact) mass is 684 g/mol. The van der Waals surface area contributed by atoms with Gasteiger partial charge < -0.3 is 19.5 Å². The summed E-state index contributed by atoms with van der Waals surface area (Å²) in [5.74, 6) is -0.0800. The Morgan fingerprint density at radius 2 is 1.57 bits per heavy atom. The predicted molar refractivity (Wildman–Crippen MR) is 176 cm³/mol. The molecule has 0 amide bonds. The molecule has 3 heterocycles. The second-order valence-corrected chi connectivity index (χ2v) is 10.5. The van der Waals surface area contributed by atoms with Crippen molar-refractivity contribution in [3.05, 3.63) is 94.5 Å². The lowest BCUT2D eigenvalue weighted by molar-refractivity contribution is -0.142. The number of pyridine rings is 1. The topological polar surface area (TPSA) is 147 Å². The number of esters is 1. The highest BCUT2D eigenvalue weighted by Crippen LogP contribution is 2.23. The normalized spacial score (nSPS) is 10.1. The van der Waals surface area contributed by atoms with Crippen molar-refractivity contribution in [3.8, 4) is 17.2 Å². The number of halogens is 2. The zero-order chi connectivity index (χ0) is 34.3. The average Bonchev–Trinajstić information content (AvgIpc) is 3.09. The molecule has 0 aliphatic heterocycles. The summed E-state index contributed by atoms with van der Waals surface area (Å²) in [6, 6.07) is 12.7. The number of aldehydes is 1. The van der Waals surface area contributed by atoms with Crippen LogP contribution in [0, 0.1) is 11.6 Å². The predicted octanol–water partition coefficient (Wildman–Crippen LogP) is 5.41. The summed E-state index contributed by atoms with van der Waals surface area (Å²) >= 11 is 2.84. The highest BCUT2D eigenvalue weighted by atomic mass is 32.2. The smallest absolute Gasteiger partial charge is 0.343 e. The van der Waals surface area contributed by atoms with Gasteiger partial charge in [0.2, 0.25) is 0 Å². The molecule has 0 fully saturated rings. The summed E-state index contributed by atoms with van der Waals surface area (Å²) in [6.07, 6.45) is 7.62. The molecule has 1 N–H and O–H groups in total. The maximum atomic E-state index is 13.2. The van der Waals surface area contributed by atoms with Crippen molar-refractivity contribution in [1.82, 2.24) is 24.5 Å². The first-order valence-electron chi connectivity index (χ1n) is 13.5. The van der Waals surface area contributed by atoms with E-state index >= 15 is 0 Å². The van der Waals surface area contributed by atoms with E-state index in [0.717, 1.165) is 6.29 Å². The van der Waals surface area contributed by atoms with Crippen LogP contribution >= 0.6 is 23.5 Å². The van der Waals surface area contributed by atoms with Crippen LogP contribution in [0.1, 0.15) is 10.4 Å². The molecule has 3 aromatic heterocycles. The fourth-order valence-corrected chi connectivity index (χ4v) is 4.22.